The predicted molar refractivity (Wildman–Crippen MR) is 91.0 cm³/mol. The lowest BCUT2D eigenvalue weighted by molar-refractivity contribution is 0.0947. The smallest absolute Gasteiger partial charge is 0.254 e. The maximum Gasteiger partial charge on any atom is 0.254 e. The molecule has 1 N–H and O–H groups in total. The summed E-state index contributed by atoms with van der Waals surface area (Å²) in [5.74, 6) is -0.0881. The summed E-state index contributed by atoms with van der Waals surface area (Å²) < 4.78 is 0. The van der Waals surface area contributed by atoms with Gasteiger partial charge in [-0.3, -0.25) is 4.79 Å². The van der Waals surface area contributed by atoms with Gasteiger partial charge in [0.1, 0.15) is 5.03 Å². The van der Waals surface area contributed by atoms with E-state index >= 15 is 0 Å². The molecular formula is C17H21N3OS. The normalized spacial score (nSPS) is 10.7. The highest BCUT2D eigenvalue weighted by atomic mass is 32.2. The number of carbonyl (C=O) groups is 1. The minimum Gasteiger partial charge on any atom is -0.348 e. The van der Waals surface area contributed by atoms with Crippen LogP contribution in [0.15, 0.2) is 47.6 Å². The second-order valence-electron chi connectivity index (χ2n) is 5.30. The van der Waals surface area contributed by atoms with Crippen molar-refractivity contribution in [3.63, 3.8) is 0 Å². The van der Waals surface area contributed by atoms with E-state index in [-0.39, 0.29) is 5.91 Å². The van der Waals surface area contributed by atoms with Crippen LogP contribution in [0, 0.1) is 0 Å². The number of benzene rings is 1. The van der Waals surface area contributed by atoms with E-state index in [1.807, 2.05) is 20.4 Å². The minimum atomic E-state index is -0.0881. The minimum absolute atomic E-state index is 0.0881. The summed E-state index contributed by atoms with van der Waals surface area (Å²) in [7, 11) is 4.09. The number of thioether (sulfide) groups is 1. The largest absolute Gasteiger partial charge is 0.348 e. The van der Waals surface area contributed by atoms with Gasteiger partial charge in [0.25, 0.3) is 5.91 Å². The molecule has 116 valence electrons. The highest BCUT2D eigenvalue weighted by molar-refractivity contribution is 7.98. The molecule has 0 fully saturated rings. The van der Waals surface area contributed by atoms with Crippen molar-refractivity contribution >= 4 is 17.7 Å². The third-order valence-electron chi connectivity index (χ3n) is 3.18. The Hall–Kier alpha value is -1.85. The molecule has 0 aliphatic rings. The zero-order valence-corrected chi connectivity index (χ0v) is 14.0. The second kappa shape index (κ2) is 7.96. The molecule has 0 bridgehead atoms. The number of carbonyl (C=O) groups excluding carboxylic acids is 1. The average molecular weight is 315 g/mol. The Balaban J connectivity index is 1.96. The molecule has 1 amide bonds. The quantitative estimate of drug-likeness (QED) is 0.833. The van der Waals surface area contributed by atoms with Crippen molar-refractivity contribution in [2.75, 3.05) is 20.4 Å². The maximum atomic E-state index is 12.2. The maximum absolute atomic E-state index is 12.2. The van der Waals surface area contributed by atoms with Gasteiger partial charge in [0.05, 0.1) is 5.56 Å². The SMILES string of the molecule is CSc1ncccc1C(=O)NCc1ccc(CN(C)C)cc1. The zero-order valence-electron chi connectivity index (χ0n) is 13.2. The summed E-state index contributed by atoms with van der Waals surface area (Å²) in [4.78, 5) is 18.6. The fourth-order valence-corrected chi connectivity index (χ4v) is 2.68. The van der Waals surface area contributed by atoms with Gasteiger partial charge in [-0.15, -0.1) is 11.8 Å². The second-order valence-corrected chi connectivity index (χ2v) is 6.09. The van der Waals surface area contributed by atoms with Crippen molar-refractivity contribution in [2.24, 2.45) is 0 Å². The van der Waals surface area contributed by atoms with Crippen LogP contribution >= 0.6 is 11.8 Å². The highest BCUT2D eigenvalue weighted by Gasteiger charge is 2.10. The van der Waals surface area contributed by atoms with Crippen molar-refractivity contribution in [1.82, 2.24) is 15.2 Å². The fourth-order valence-electron chi connectivity index (χ4n) is 2.13. The molecule has 22 heavy (non-hydrogen) atoms. The number of nitrogens with one attached hydrogen (secondary N) is 1. The van der Waals surface area contributed by atoms with Crippen LogP contribution in [0.4, 0.5) is 0 Å². The standard InChI is InChI=1S/C17H21N3OS/c1-20(2)12-14-8-6-13(7-9-14)11-19-16(21)15-5-4-10-18-17(15)22-3/h4-10H,11-12H2,1-3H3,(H,19,21). The van der Waals surface area contributed by atoms with Crippen LogP contribution in [0.2, 0.25) is 0 Å². The third kappa shape index (κ3) is 4.58. The van der Waals surface area contributed by atoms with E-state index in [0.29, 0.717) is 12.1 Å². The number of hydrogen-bond donors (Lipinski definition) is 1. The molecule has 1 aromatic heterocycles. The lowest BCUT2D eigenvalue weighted by Gasteiger charge is -2.11. The molecule has 0 spiro atoms. The van der Waals surface area contributed by atoms with Gasteiger partial charge in [-0.25, -0.2) is 4.98 Å². The van der Waals surface area contributed by atoms with E-state index < -0.39 is 0 Å². The summed E-state index contributed by atoms with van der Waals surface area (Å²) in [6.45, 7) is 1.43. The lowest BCUT2D eigenvalue weighted by atomic mass is 10.1. The molecule has 2 rings (SSSR count). The first kappa shape index (κ1) is 16.5. The third-order valence-corrected chi connectivity index (χ3v) is 3.90. The van der Waals surface area contributed by atoms with Gasteiger partial charge in [-0.05, 0) is 43.6 Å². The summed E-state index contributed by atoms with van der Waals surface area (Å²) in [5, 5.41) is 3.70. The first-order valence-corrected chi connectivity index (χ1v) is 8.32. The first-order valence-electron chi connectivity index (χ1n) is 7.10. The molecule has 0 unspecified atom stereocenters. The summed E-state index contributed by atoms with van der Waals surface area (Å²) >= 11 is 1.48. The van der Waals surface area contributed by atoms with Crippen LogP contribution in [0.1, 0.15) is 21.5 Å². The molecule has 0 saturated heterocycles. The van der Waals surface area contributed by atoms with Gasteiger partial charge < -0.3 is 10.2 Å². The Morgan fingerprint density at radius 1 is 1.18 bits per heavy atom. The van der Waals surface area contributed by atoms with Gasteiger partial charge in [0.15, 0.2) is 0 Å². The Kier molecular flexibility index (Phi) is 5.98. The summed E-state index contributed by atoms with van der Waals surface area (Å²) in [5.41, 5.74) is 2.97. The van der Waals surface area contributed by atoms with Crippen molar-refractivity contribution in [3.05, 3.63) is 59.3 Å². The van der Waals surface area contributed by atoms with E-state index in [4.69, 9.17) is 0 Å². The monoisotopic (exact) mass is 315 g/mol. The van der Waals surface area contributed by atoms with Gasteiger partial charge in [0.2, 0.25) is 0 Å². The number of pyridine rings is 1. The number of nitrogens with zero attached hydrogens (tertiary/aromatic N) is 2. The van der Waals surface area contributed by atoms with Crippen molar-refractivity contribution in [1.29, 1.82) is 0 Å². The van der Waals surface area contributed by atoms with Crippen LogP contribution in [0.25, 0.3) is 0 Å². The Morgan fingerprint density at radius 3 is 2.50 bits per heavy atom. The van der Waals surface area contributed by atoms with Gasteiger partial charge >= 0.3 is 0 Å². The highest BCUT2D eigenvalue weighted by Crippen LogP contribution is 2.16. The van der Waals surface area contributed by atoms with E-state index in [9.17, 15) is 4.79 Å². The fraction of sp³-hybridized carbons (Fsp3) is 0.294. The van der Waals surface area contributed by atoms with Crippen molar-refractivity contribution in [2.45, 2.75) is 18.1 Å². The summed E-state index contributed by atoms with van der Waals surface area (Å²) in [6.07, 6.45) is 3.62. The van der Waals surface area contributed by atoms with Gasteiger partial charge in [0, 0.05) is 19.3 Å². The van der Waals surface area contributed by atoms with E-state index in [1.54, 1.807) is 18.3 Å². The van der Waals surface area contributed by atoms with E-state index in [0.717, 1.165) is 17.1 Å². The van der Waals surface area contributed by atoms with Crippen LogP contribution in [-0.2, 0) is 13.1 Å². The predicted octanol–water partition coefficient (Wildman–Crippen LogP) is 2.80. The Morgan fingerprint density at radius 2 is 1.86 bits per heavy atom. The molecule has 0 aliphatic heterocycles. The summed E-state index contributed by atoms with van der Waals surface area (Å²) in [6, 6.07) is 11.9. The number of rotatable bonds is 6. The molecule has 1 aromatic carbocycles. The van der Waals surface area contributed by atoms with Crippen LogP contribution in [-0.4, -0.2) is 36.1 Å². The molecule has 0 aliphatic carbocycles. The average Bonchev–Trinajstić information content (AvgIpc) is 2.53. The Labute approximate surface area is 135 Å². The number of hydrogen-bond acceptors (Lipinski definition) is 4. The van der Waals surface area contributed by atoms with E-state index in [1.165, 1.54) is 17.3 Å². The van der Waals surface area contributed by atoms with Crippen LogP contribution in [0.5, 0.6) is 0 Å². The zero-order chi connectivity index (χ0) is 15.9. The topological polar surface area (TPSA) is 45.2 Å². The Bertz CT molecular complexity index is 626. The molecule has 0 radical (unpaired) electrons. The van der Waals surface area contributed by atoms with Crippen LogP contribution in [0.3, 0.4) is 0 Å². The number of amides is 1. The molecule has 0 atom stereocenters. The molecule has 4 nitrogen and oxygen atoms in total. The molecule has 0 saturated carbocycles. The number of aromatic nitrogens is 1. The first-order chi connectivity index (χ1) is 10.6. The molecule has 5 heteroatoms. The van der Waals surface area contributed by atoms with Gasteiger partial charge in [-0.1, -0.05) is 24.3 Å². The molecule has 1 heterocycles. The van der Waals surface area contributed by atoms with Crippen molar-refractivity contribution in [3.8, 4) is 0 Å². The molecular weight excluding hydrogens is 294 g/mol. The van der Waals surface area contributed by atoms with Crippen LogP contribution < -0.4 is 5.32 Å². The lowest BCUT2D eigenvalue weighted by Crippen LogP contribution is -2.23. The molecule has 2 aromatic rings. The van der Waals surface area contributed by atoms with Crippen molar-refractivity contribution < 1.29 is 4.79 Å². The van der Waals surface area contributed by atoms with Gasteiger partial charge in [-0.2, -0.15) is 0 Å². The van der Waals surface area contributed by atoms with E-state index in [2.05, 4.69) is 39.5 Å².